The third-order valence-electron chi connectivity index (χ3n) is 2.11. The Labute approximate surface area is 73.6 Å². The van der Waals surface area contributed by atoms with E-state index in [4.69, 9.17) is 0 Å². The molecule has 0 aliphatic heterocycles. The molecule has 0 atom stereocenters. The van der Waals surface area contributed by atoms with Gasteiger partial charge in [0.25, 0.3) is 0 Å². The zero-order valence-corrected chi connectivity index (χ0v) is 8.23. The molecule has 1 nitrogen and oxygen atoms in total. The molecule has 0 unspecified atom stereocenters. The van der Waals surface area contributed by atoms with Gasteiger partial charge in [-0.1, -0.05) is 13.8 Å². The molecular weight excluding hydrogens is 156 g/mol. The van der Waals surface area contributed by atoms with Crippen LogP contribution in [0.2, 0.25) is 0 Å². The molecule has 0 heterocycles. The minimum absolute atomic E-state index is 0.000915. The Hall–Kier alpha value is 0.310. The normalized spacial score (nSPS) is 32.7. The van der Waals surface area contributed by atoms with E-state index in [2.05, 4.69) is 25.6 Å². The number of rotatable bonds is 2. The maximum absolute atomic E-state index is 9.25. The summed E-state index contributed by atoms with van der Waals surface area (Å²) >= 11 is 2.07. The van der Waals surface area contributed by atoms with Crippen LogP contribution in [0.3, 0.4) is 0 Å². The summed E-state index contributed by atoms with van der Waals surface area (Å²) in [5.41, 5.74) is 0. The van der Waals surface area contributed by atoms with Crippen LogP contribution >= 0.6 is 11.8 Å². The van der Waals surface area contributed by atoms with Gasteiger partial charge in [-0.3, -0.25) is 0 Å². The van der Waals surface area contributed by atoms with Crippen LogP contribution in [-0.2, 0) is 0 Å². The molecule has 1 N–H and O–H groups in total. The van der Waals surface area contributed by atoms with Gasteiger partial charge in [0, 0.05) is 5.25 Å². The first kappa shape index (κ1) is 9.40. The van der Waals surface area contributed by atoms with Crippen LogP contribution in [0.5, 0.6) is 0 Å². The molecule has 0 spiro atoms. The van der Waals surface area contributed by atoms with E-state index in [1.807, 2.05) is 0 Å². The third kappa shape index (κ3) is 3.48. The van der Waals surface area contributed by atoms with Crippen molar-refractivity contribution in [2.24, 2.45) is 0 Å². The molecular formula is C9H18OS. The minimum Gasteiger partial charge on any atom is -0.393 e. The highest BCUT2D eigenvalue weighted by Gasteiger charge is 2.19. The number of hydrogen-bond donors (Lipinski definition) is 1. The predicted octanol–water partition coefficient (Wildman–Crippen LogP) is 2.43. The van der Waals surface area contributed by atoms with Crippen LogP contribution in [0.4, 0.5) is 0 Å². The van der Waals surface area contributed by atoms with Gasteiger partial charge in [0.2, 0.25) is 0 Å². The molecule has 1 fully saturated rings. The van der Waals surface area contributed by atoms with E-state index in [1.165, 1.54) is 12.8 Å². The third-order valence-corrected chi connectivity index (χ3v) is 3.51. The first-order chi connectivity index (χ1) is 5.18. The SMILES string of the molecule is CC(C)S[C@H]1CC[C@H](O)CC1. The topological polar surface area (TPSA) is 20.2 Å². The molecule has 0 bridgehead atoms. The summed E-state index contributed by atoms with van der Waals surface area (Å²) in [6.45, 7) is 4.49. The largest absolute Gasteiger partial charge is 0.393 e. The van der Waals surface area contributed by atoms with Crippen molar-refractivity contribution in [2.45, 2.75) is 56.1 Å². The number of thioether (sulfide) groups is 1. The fourth-order valence-corrected chi connectivity index (χ4v) is 2.88. The second kappa shape index (κ2) is 4.36. The van der Waals surface area contributed by atoms with E-state index in [0.29, 0.717) is 0 Å². The first-order valence-corrected chi connectivity index (χ1v) is 5.46. The van der Waals surface area contributed by atoms with E-state index in [1.54, 1.807) is 0 Å². The Bertz CT molecular complexity index is 106. The Morgan fingerprint density at radius 2 is 1.73 bits per heavy atom. The van der Waals surface area contributed by atoms with Gasteiger partial charge in [-0.05, 0) is 30.9 Å². The molecule has 0 aromatic carbocycles. The summed E-state index contributed by atoms with van der Waals surface area (Å²) in [5, 5.41) is 10.8. The van der Waals surface area contributed by atoms with Crippen molar-refractivity contribution < 1.29 is 5.11 Å². The lowest BCUT2D eigenvalue weighted by atomic mass is 9.97. The average Bonchev–Trinajstić information content (AvgIpc) is 1.93. The van der Waals surface area contributed by atoms with Crippen molar-refractivity contribution in [1.82, 2.24) is 0 Å². The van der Waals surface area contributed by atoms with E-state index >= 15 is 0 Å². The first-order valence-electron chi connectivity index (χ1n) is 4.52. The van der Waals surface area contributed by atoms with Gasteiger partial charge in [0.05, 0.1) is 6.10 Å². The van der Waals surface area contributed by atoms with Crippen LogP contribution in [0, 0.1) is 0 Å². The fourth-order valence-electron chi connectivity index (χ4n) is 1.57. The van der Waals surface area contributed by atoms with Crippen molar-refractivity contribution in [3.8, 4) is 0 Å². The van der Waals surface area contributed by atoms with Crippen molar-refractivity contribution in [1.29, 1.82) is 0 Å². The van der Waals surface area contributed by atoms with E-state index < -0.39 is 0 Å². The zero-order valence-electron chi connectivity index (χ0n) is 7.42. The van der Waals surface area contributed by atoms with Crippen LogP contribution in [0.15, 0.2) is 0 Å². The average molecular weight is 174 g/mol. The molecule has 0 aromatic heterocycles. The molecule has 1 saturated carbocycles. The van der Waals surface area contributed by atoms with Gasteiger partial charge in [-0.2, -0.15) is 11.8 Å². The quantitative estimate of drug-likeness (QED) is 0.694. The Morgan fingerprint density at radius 1 is 1.18 bits per heavy atom. The number of hydrogen-bond acceptors (Lipinski definition) is 2. The molecule has 1 aliphatic rings. The van der Waals surface area contributed by atoms with Crippen molar-refractivity contribution >= 4 is 11.8 Å². The minimum atomic E-state index is -0.000915. The number of aliphatic hydroxyl groups excluding tert-OH is 1. The van der Waals surface area contributed by atoms with Crippen molar-refractivity contribution in [3.05, 3.63) is 0 Å². The second-order valence-corrected chi connectivity index (χ2v) is 5.50. The lowest BCUT2D eigenvalue weighted by molar-refractivity contribution is 0.132. The molecule has 0 radical (unpaired) electrons. The van der Waals surface area contributed by atoms with Crippen LogP contribution in [0.25, 0.3) is 0 Å². The Balaban J connectivity index is 2.17. The zero-order chi connectivity index (χ0) is 8.27. The van der Waals surface area contributed by atoms with Gasteiger partial charge in [0.15, 0.2) is 0 Å². The molecule has 0 amide bonds. The van der Waals surface area contributed by atoms with Gasteiger partial charge >= 0.3 is 0 Å². The highest BCUT2D eigenvalue weighted by Crippen LogP contribution is 2.30. The molecule has 0 aromatic rings. The summed E-state index contributed by atoms with van der Waals surface area (Å²) in [7, 11) is 0. The maximum Gasteiger partial charge on any atom is 0.0541 e. The standard InChI is InChI=1S/C9H18OS/c1-7(2)11-9-5-3-8(10)4-6-9/h7-10H,3-6H2,1-2H3/t8-,9-. The van der Waals surface area contributed by atoms with Crippen molar-refractivity contribution in [3.63, 3.8) is 0 Å². The Kier molecular flexibility index (Phi) is 3.73. The van der Waals surface area contributed by atoms with Crippen LogP contribution in [0.1, 0.15) is 39.5 Å². The predicted molar refractivity (Wildman–Crippen MR) is 51.0 cm³/mol. The van der Waals surface area contributed by atoms with Gasteiger partial charge in [-0.25, -0.2) is 0 Å². The molecule has 1 rings (SSSR count). The molecule has 11 heavy (non-hydrogen) atoms. The van der Waals surface area contributed by atoms with E-state index in [-0.39, 0.29) is 6.10 Å². The monoisotopic (exact) mass is 174 g/mol. The van der Waals surface area contributed by atoms with Crippen LogP contribution < -0.4 is 0 Å². The summed E-state index contributed by atoms with van der Waals surface area (Å²) in [4.78, 5) is 0. The molecule has 2 heteroatoms. The summed E-state index contributed by atoms with van der Waals surface area (Å²) in [5.74, 6) is 0. The summed E-state index contributed by atoms with van der Waals surface area (Å²) in [6, 6.07) is 0. The lowest BCUT2D eigenvalue weighted by Gasteiger charge is -2.26. The fraction of sp³-hybridized carbons (Fsp3) is 1.00. The summed E-state index contributed by atoms with van der Waals surface area (Å²) < 4.78 is 0. The lowest BCUT2D eigenvalue weighted by Crippen LogP contribution is -2.20. The Morgan fingerprint density at radius 3 is 2.18 bits per heavy atom. The highest BCUT2D eigenvalue weighted by molar-refractivity contribution is 8.00. The van der Waals surface area contributed by atoms with Crippen LogP contribution in [-0.4, -0.2) is 21.7 Å². The summed E-state index contributed by atoms with van der Waals surface area (Å²) in [6.07, 6.45) is 4.46. The molecule has 1 aliphatic carbocycles. The van der Waals surface area contributed by atoms with E-state index in [0.717, 1.165) is 23.3 Å². The van der Waals surface area contributed by atoms with E-state index in [9.17, 15) is 5.11 Å². The van der Waals surface area contributed by atoms with Gasteiger partial charge in [0.1, 0.15) is 0 Å². The smallest absolute Gasteiger partial charge is 0.0541 e. The molecule has 0 saturated heterocycles. The van der Waals surface area contributed by atoms with Crippen molar-refractivity contribution in [2.75, 3.05) is 0 Å². The van der Waals surface area contributed by atoms with Gasteiger partial charge in [-0.15, -0.1) is 0 Å². The molecule has 66 valence electrons. The highest BCUT2D eigenvalue weighted by atomic mass is 32.2. The van der Waals surface area contributed by atoms with Gasteiger partial charge < -0.3 is 5.11 Å². The second-order valence-electron chi connectivity index (χ2n) is 3.62. The number of aliphatic hydroxyl groups is 1. The maximum atomic E-state index is 9.25.